The van der Waals surface area contributed by atoms with E-state index in [2.05, 4.69) is 10.6 Å². The molecule has 2 atom stereocenters. The van der Waals surface area contributed by atoms with Crippen LogP contribution in [0.3, 0.4) is 0 Å². The molecular formula is C22H28N2O3. The van der Waals surface area contributed by atoms with Crippen molar-refractivity contribution in [2.24, 2.45) is 5.92 Å². The standard InChI is InChI=1S/C22H28N2O3/c1-15-9-12-20(27-3)18(13-15)24-22(25)21(17-7-5-4-6-8-17)23-19(14-26-2)16-10-11-16/h4-9,12-13,16,19,21,23H,10-11,14H2,1-3H3,(H,24,25). The zero-order valence-corrected chi connectivity index (χ0v) is 16.2. The van der Waals surface area contributed by atoms with Gasteiger partial charge in [0.1, 0.15) is 11.8 Å². The number of carbonyl (C=O) groups is 1. The van der Waals surface area contributed by atoms with E-state index < -0.39 is 6.04 Å². The van der Waals surface area contributed by atoms with Gasteiger partial charge in [0.15, 0.2) is 0 Å². The van der Waals surface area contributed by atoms with Crippen LogP contribution in [-0.4, -0.2) is 32.8 Å². The first kappa shape index (κ1) is 19.4. The topological polar surface area (TPSA) is 59.6 Å². The number of benzene rings is 2. The number of methoxy groups -OCH3 is 2. The monoisotopic (exact) mass is 368 g/mol. The first-order chi connectivity index (χ1) is 13.1. The zero-order valence-electron chi connectivity index (χ0n) is 16.2. The highest BCUT2D eigenvalue weighted by Crippen LogP contribution is 2.34. The Hall–Kier alpha value is -2.37. The van der Waals surface area contributed by atoms with Crippen LogP contribution in [0, 0.1) is 12.8 Å². The largest absolute Gasteiger partial charge is 0.495 e. The third kappa shape index (κ3) is 5.08. The Morgan fingerprint density at radius 3 is 2.52 bits per heavy atom. The van der Waals surface area contributed by atoms with Crippen LogP contribution < -0.4 is 15.4 Å². The summed E-state index contributed by atoms with van der Waals surface area (Å²) in [5, 5.41) is 6.57. The van der Waals surface area contributed by atoms with Crippen LogP contribution in [-0.2, 0) is 9.53 Å². The predicted octanol–water partition coefficient (Wildman–Crippen LogP) is 3.70. The summed E-state index contributed by atoms with van der Waals surface area (Å²) in [5.41, 5.74) is 2.67. The number of ether oxygens (including phenoxy) is 2. The first-order valence-electron chi connectivity index (χ1n) is 9.37. The summed E-state index contributed by atoms with van der Waals surface area (Å²) >= 11 is 0. The molecule has 0 aromatic heterocycles. The van der Waals surface area contributed by atoms with Gasteiger partial charge in [0.2, 0.25) is 5.91 Å². The quantitative estimate of drug-likeness (QED) is 0.709. The number of hydrogen-bond donors (Lipinski definition) is 2. The van der Waals surface area contributed by atoms with Crippen LogP contribution in [0.4, 0.5) is 5.69 Å². The zero-order chi connectivity index (χ0) is 19.2. The summed E-state index contributed by atoms with van der Waals surface area (Å²) in [4.78, 5) is 13.2. The van der Waals surface area contributed by atoms with Gasteiger partial charge in [-0.05, 0) is 48.9 Å². The Kier molecular flexibility index (Phi) is 6.48. The number of amides is 1. The Labute approximate surface area is 161 Å². The van der Waals surface area contributed by atoms with Gasteiger partial charge in [-0.15, -0.1) is 0 Å². The number of anilines is 1. The summed E-state index contributed by atoms with van der Waals surface area (Å²) in [6, 6.07) is 15.3. The fourth-order valence-electron chi connectivity index (χ4n) is 3.31. The van der Waals surface area contributed by atoms with Crippen molar-refractivity contribution >= 4 is 11.6 Å². The van der Waals surface area contributed by atoms with Crippen molar-refractivity contribution in [2.75, 3.05) is 26.1 Å². The van der Waals surface area contributed by atoms with Gasteiger partial charge >= 0.3 is 0 Å². The minimum absolute atomic E-state index is 0.105. The molecule has 2 N–H and O–H groups in total. The molecule has 0 aliphatic heterocycles. The molecule has 1 aliphatic rings. The van der Waals surface area contributed by atoms with Crippen molar-refractivity contribution in [3.05, 3.63) is 59.7 Å². The highest BCUT2D eigenvalue weighted by atomic mass is 16.5. The van der Waals surface area contributed by atoms with Gasteiger partial charge in [0, 0.05) is 13.2 Å². The van der Waals surface area contributed by atoms with E-state index >= 15 is 0 Å². The van der Waals surface area contributed by atoms with Crippen molar-refractivity contribution in [3.8, 4) is 5.75 Å². The minimum atomic E-state index is -0.461. The Balaban J connectivity index is 1.83. The molecule has 3 rings (SSSR count). The molecule has 144 valence electrons. The smallest absolute Gasteiger partial charge is 0.246 e. The molecule has 2 unspecified atom stereocenters. The molecule has 1 aliphatic carbocycles. The van der Waals surface area contributed by atoms with Gasteiger partial charge in [0.05, 0.1) is 19.4 Å². The molecule has 5 nitrogen and oxygen atoms in total. The summed E-state index contributed by atoms with van der Waals surface area (Å²) in [6.45, 7) is 2.58. The number of carbonyl (C=O) groups excluding carboxylic acids is 1. The number of nitrogens with one attached hydrogen (secondary N) is 2. The number of aryl methyl sites for hydroxylation is 1. The molecule has 2 aromatic carbocycles. The maximum absolute atomic E-state index is 13.2. The minimum Gasteiger partial charge on any atom is -0.495 e. The first-order valence-corrected chi connectivity index (χ1v) is 9.37. The Morgan fingerprint density at radius 1 is 1.15 bits per heavy atom. The average Bonchev–Trinajstić information content (AvgIpc) is 3.51. The van der Waals surface area contributed by atoms with E-state index in [1.54, 1.807) is 14.2 Å². The molecule has 1 fully saturated rings. The Morgan fingerprint density at radius 2 is 1.89 bits per heavy atom. The molecule has 0 bridgehead atoms. The van der Waals surface area contributed by atoms with Crippen molar-refractivity contribution in [3.63, 3.8) is 0 Å². The van der Waals surface area contributed by atoms with Crippen LogP contribution in [0.5, 0.6) is 5.75 Å². The van der Waals surface area contributed by atoms with Crippen molar-refractivity contribution < 1.29 is 14.3 Å². The second-order valence-corrected chi connectivity index (χ2v) is 7.10. The van der Waals surface area contributed by atoms with E-state index in [0.717, 1.165) is 11.1 Å². The van der Waals surface area contributed by atoms with E-state index in [0.29, 0.717) is 24.0 Å². The lowest BCUT2D eigenvalue weighted by Crippen LogP contribution is -2.43. The van der Waals surface area contributed by atoms with Gasteiger partial charge in [-0.3, -0.25) is 10.1 Å². The van der Waals surface area contributed by atoms with Crippen molar-refractivity contribution in [2.45, 2.75) is 31.8 Å². The van der Waals surface area contributed by atoms with E-state index in [1.165, 1.54) is 12.8 Å². The lowest BCUT2D eigenvalue weighted by molar-refractivity contribution is -0.118. The predicted molar refractivity (Wildman–Crippen MR) is 107 cm³/mol. The van der Waals surface area contributed by atoms with Gasteiger partial charge in [0.25, 0.3) is 0 Å². The molecule has 0 saturated heterocycles. The van der Waals surface area contributed by atoms with E-state index in [1.807, 2.05) is 55.5 Å². The van der Waals surface area contributed by atoms with E-state index in [-0.39, 0.29) is 11.9 Å². The molecule has 1 amide bonds. The average molecular weight is 368 g/mol. The summed E-state index contributed by atoms with van der Waals surface area (Å²) in [7, 11) is 3.31. The van der Waals surface area contributed by atoms with Gasteiger partial charge in [-0.25, -0.2) is 0 Å². The van der Waals surface area contributed by atoms with E-state index in [9.17, 15) is 4.79 Å². The van der Waals surface area contributed by atoms with Crippen LogP contribution in [0.15, 0.2) is 48.5 Å². The summed E-state index contributed by atoms with van der Waals surface area (Å²) < 4.78 is 10.8. The molecule has 0 spiro atoms. The van der Waals surface area contributed by atoms with Crippen LogP contribution in [0.25, 0.3) is 0 Å². The molecule has 27 heavy (non-hydrogen) atoms. The van der Waals surface area contributed by atoms with Crippen LogP contribution in [0.1, 0.15) is 30.0 Å². The molecular weight excluding hydrogens is 340 g/mol. The second kappa shape index (κ2) is 9.02. The fraction of sp³-hybridized carbons (Fsp3) is 0.409. The normalized spacial score (nSPS) is 15.8. The molecule has 2 aromatic rings. The molecule has 1 saturated carbocycles. The number of rotatable bonds is 9. The molecule has 0 radical (unpaired) electrons. The third-order valence-corrected chi connectivity index (χ3v) is 4.93. The number of hydrogen-bond acceptors (Lipinski definition) is 4. The Bertz CT molecular complexity index is 759. The van der Waals surface area contributed by atoms with E-state index in [4.69, 9.17) is 9.47 Å². The van der Waals surface area contributed by atoms with Gasteiger partial charge < -0.3 is 14.8 Å². The fourth-order valence-corrected chi connectivity index (χ4v) is 3.31. The third-order valence-electron chi connectivity index (χ3n) is 4.93. The molecule has 5 heteroatoms. The summed E-state index contributed by atoms with van der Waals surface area (Å²) in [6.07, 6.45) is 2.35. The van der Waals surface area contributed by atoms with Gasteiger partial charge in [-0.2, -0.15) is 0 Å². The summed E-state index contributed by atoms with van der Waals surface area (Å²) in [5.74, 6) is 1.11. The second-order valence-electron chi connectivity index (χ2n) is 7.10. The van der Waals surface area contributed by atoms with Crippen LogP contribution >= 0.6 is 0 Å². The highest BCUT2D eigenvalue weighted by molar-refractivity contribution is 5.96. The van der Waals surface area contributed by atoms with Crippen LogP contribution in [0.2, 0.25) is 0 Å². The lowest BCUT2D eigenvalue weighted by atomic mass is 10.0. The van der Waals surface area contributed by atoms with Crippen molar-refractivity contribution in [1.82, 2.24) is 5.32 Å². The van der Waals surface area contributed by atoms with Gasteiger partial charge in [-0.1, -0.05) is 36.4 Å². The SMILES string of the molecule is COCC(NC(C(=O)Nc1cc(C)ccc1OC)c1ccccc1)C1CC1. The van der Waals surface area contributed by atoms with Crippen molar-refractivity contribution in [1.29, 1.82) is 0 Å². The highest BCUT2D eigenvalue weighted by Gasteiger charge is 2.34. The lowest BCUT2D eigenvalue weighted by Gasteiger charge is -2.25. The maximum Gasteiger partial charge on any atom is 0.246 e. The maximum atomic E-state index is 13.2. The molecule has 0 heterocycles.